The zero-order valence-electron chi connectivity index (χ0n) is 14.8. The van der Waals surface area contributed by atoms with Gasteiger partial charge in [0, 0.05) is 44.9 Å². The second kappa shape index (κ2) is 8.38. The molecule has 0 bridgehead atoms. The number of ether oxygens (including phenoxy) is 1. The first-order valence-electron chi connectivity index (χ1n) is 9.06. The van der Waals surface area contributed by atoms with Crippen molar-refractivity contribution in [2.45, 2.75) is 45.1 Å². The summed E-state index contributed by atoms with van der Waals surface area (Å²) in [6, 6.07) is 0.0666. The monoisotopic (exact) mass is 346 g/mol. The molecule has 0 radical (unpaired) electrons. The number of rotatable bonds is 6. The summed E-state index contributed by atoms with van der Waals surface area (Å²) in [5, 5.41) is 0. The highest BCUT2D eigenvalue weighted by Crippen LogP contribution is 2.17. The molecule has 3 rings (SSSR count). The molecule has 0 N–H and O–H groups in total. The zero-order valence-corrected chi connectivity index (χ0v) is 14.8. The van der Waals surface area contributed by atoms with Crippen LogP contribution in [0.4, 0.5) is 0 Å². The van der Waals surface area contributed by atoms with Crippen LogP contribution in [0.5, 0.6) is 0 Å². The Morgan fingerprint density at radius 3 is 2.92 bits per heavy atom. The number of carbonyl (C=O) groups excluding carboxylic acids is 2. The third-order valence-electron chi connectivity index (χ3n) is 5.01. The number of hydrogen-bond acceptors (Lipinski definition) is 5. The normalized spacial score (nSPS) is 21.0. The van der Waals surface area contributed by atoms with E-state index in [1.165, 1.54) is 0 Å². The van der Waals surface area contributed by atoms with Crippen molar-refractivity contribution in [2.24, 2.45) is 0 Å². The first-order valence-corrected chi connectivity index (χ1v) is 9.06. The standard InChI is InChI=1S/C18H26N4O3/c1-14-16(20-8-7-19-14)5-4-15-13-25-12-11-22(15)18(24)6-10-21-9-2-3-17(21)23/h7-8,15H,2-6,9-13H2,1H3/t15-/m0/s1. The van der Waals surface area contributed by atoms with E-state index in [-0.39, 0.29) is 17.9 Å². The lowest BCUT2D eigenvalue weighted by Gasteiger charge is -2.36. The van der Waals surface area contributed by atoms with Crippen molar-refractivity contribution >= 4 is 11.8 Å². The molecule has 7 nitrogen and oxygen atoms in total. The summed E-state index contributed by atoms with van der Waals surface area (Å²) in [5.41, 5.74) is 1.91. The van der Waals surface area contributed by atoms with Crippen LogP contribution >= 0.6 is 0 Å². The van der Waals surface area contributed by atoms with Crippen LogP contribution in [0, 0.1) is 6.92 Å². The molecule has 2 saturated heterocycles. The van der Waals surface area contributed by atoms with Crippen molar-refractivity contribution in [1.29, 1.82) is 0 Å². The molecule has 0 saturated carbocycles. The molecule has 7 heteroatoms. The van der Waals surface area contributed by atoms with E-state index in [1.54, 1.807) is 17.3 Å². The number of aromatic nitrogens is 2. The minimum Gasteiger partial charge on any atom is -0.377 e. The minimum absolute atomic E-state index is 0.0666. The molecule has 1 aromatic rings. The topological polar surface area (TPSA) is 75.6 Å². The molecule has 2 amide bonds. The van der Waals surface area contributed by atoms with Crippen molar-refractivity contribution in [3.8, 4) is 0 Å². The van der Waals surface area contributed by atoms with Crippen LogP contribution in [0.3, 0.4) is 0 Å². The largest absolute Gasteiger partial charge is 0.377 e. The number of likely N-dealkylation sites (tertiary alicyclic amines) is 1. The molecule has 25 heavy (non-hydrogen) atoms. The molecule has 2 aliphatic rings. The van der Waals surface area contributed by atoms with E-state index in [0.717, 1.165) is 37.2 Å². The zero-order chi connectivity index (χ0) is 17.6. The lowest BCUT2D eigenvalue weighted by Crippen LogP contribution is -2.49. The van der Waals surface area contributed by atoms with Gasteiger partial charge in [0.2, 0.25) is 11.8 Å². The van der Waals surface area contributed by atoms with Gasteiger partial charge in [-0.3, -0.25) is 19.6 Å². The van der Waals surface area contributed by atoms with E-state index in [1.807, 2.05) is 11.8 Å². The third kappa shape index (κ3) is 4.54. The summed E-state index contributed by atoms with van der Waals surface area (Å²) in [6.45, 7) is 5.03. The molecule has 0 unspecified atom stereocenters. The quantitative estimate of drug-likeness (QED) is 0.767. The van der Waals surface area contributed by atoms with Crippen molar-refractivity contribution < 1.29 is 14.3 Å². The van der Waals surface area contributed by atoms with Gasteiger partial charge in [0.1, 0.15) is 0 Å². The van der Waals surface area contributed by atoms with Crippen molar-refractivity contribution in [3.05, 3.63) is 23.8 Å². The molecular formula is C18H26N4O3. The Labute approximate surface area is 148 Å². The molecule has 136 valence electrons. The highest BCUT2D eigenvalue weighted by molar-refractivity contribution is 5.80. The Morgan fingerprint density at radius 1 is 1.32 bits per heavy atom. The predicted octanol–water partition coefficient (Wildman–Crippen LogP) is 0.958. The van der Waals surface area contributed by atoms with Gasteiger partial charge >= 0.3 is 0 Å². The van der Waals surface area contributed by atoms with Crippen LogP contribution in [-0.4, -0.2) is 70.5 Å². The summed E-state index contributed by atoms with van der Waals surface area (Å²) >= 11 is 0. The second-order valence-electron chi connectivity index (χ2n) is 6.68. The van der Waals surface area contributed by atoms with Crippen LogP contribution < -0.4 is 0 Å². The SMILES string of the molecule is Cc1nccnc1CC[C@H]1COCCN1C(=O)CCN1CCCC1=O. The van der Waals surface area contributed by atoms with Crippen LogP contribution in [0.1, 0.15) is 37.1 Å². The smallest absolute Gasteiger partial charge is 0.224 e. The van der Waals surface area contributed by atoms with Crippen molar-refractivity contribution in [1.82, 2.24) is 19.8 Å². The lowest BCUT2D eigenvalue weighted by molar-refractivity contribution is -0.140. The van der Waals surface area contributed by atoms with Crippen LogP contribution in [0.25, 0.3) is 0 Å². The van der Waals surface area contributed by atoms with Gasteiger partial charge in [0.05, 0.1) is 30.6 Å². The molecule has 1 atom stereocenters. The van der Waals surface area contributed by atoms with E-state index < -0.39 is 0 Å². The van der Waals surface area contributed by atoms with Crippen molar-refractivity contribution in [3.63, 3.8) is 0 Å². The third-order valence-corrected chi connectivity index (χ3v) is 5.01. The van der Waals surface area contributed by atoms with Gasteiger partial charge in [-0.15, -0.1) is 0 Å². The maximum Gasteiger partial charge on any atom is 0.224 e. The van der Waals surface area contributed by atoms with Crippen LogP contribution in [0.15, 0.2) is 12.4 Å². The van der Waals surface area contributed by atoms with Gasteiger partial charge in [-0.1, -0.05) is 0 Å². The summed E-state index contributed by atoms with van der Waals surface area (Å²) in [4.78, 5) is 36.7. The second-order valence-corrected chi connectivity index (χ2v) is 6.68. The Hall–Kier alpha value is -2.02. The fraction of sp³-hybridized carbons (Fsp3) is 0.667. The number of carbonyl (C=O) groups is 2. The van der Waals surface area contributed by atoms with E-state index in [9.17, 15) is 9.59 Å². The average molecular weight is 346 g/mol. The van der Waals surface area contributed by atoms with Gasteiger partial charge in [0.25, 0.3) is 0 Å². The average Bonchev–Trinajstić information content (AvgIpc) is 3.04. The molecule has 3 heterocycles. The van der Waals surface area contributed by atoms with E-state index in [2.05, 4.69) is 9.97 Å². The minimum atomic E-state index is 0.0666. The maximum absolute atomic E-state index is 12.7. The molecule has 2 fully saturated rings. The number of nitrogens with zero attached hydrogens (tertiary/aromatic N) is 4. The van der Waals surface area contributed by atoms with Gasteiger partial charge < -0.3 is 14.5 Å². The van der Waals surface area contributed by atoms with Crippen LogP contribution in [0.2, 0.25) is 0 Å². The summed E-state index contributed by atoms with van der Waals surface area (Å²) in [6.07, 6.45) is 6.91. The fourth-order valence-corrected chi connectivity index (χ4v) is 3.52. The molecular weight excluding hydrogens is 320 g/mol. The number of morpholine rings is 1. The maximum atomic E-state index is 12.7. The molecule has 0 spiro atoms. The van der Waals surface area contributed by atoms with Crippen molar-refractivity contribution in [2.75, 3.05) is 32.8 Å². The molecule has 0 aromatic carbocycles. The first-order chi connectivity index (χ1) is 12.1. The first kappa shape index (κ1) is 17.8. The highest BCUT2D eigenvalue weighted by atomic mass is 16.5. The summed E-state index contributed by atoms with van der Waals surface area (Å²) < 4.78 is 5.58. The molecule has 1 aromatic heterocycles. The Morgan fingerprint density at radius 2 is 2.16 bits per heavy atom. The van der Waals surface area contributed by atoms with Crippen LogP contribution in [-0.2, 0) is 20.7 Å². The van der Waals surface area contributed by atoms with E-state index in [4.69, 9.17) is 4.74 Å². The number of aryl methyl sites for hydroxylation is 2. The highest BCUT2D eigenvalue weighted by Gasteiger charge is 2.28. The van der Waals surface area contributed by atoms with Gasteiger partial charge in [-0.05, 0) is 26.2 Å². The summed E-state index contributed by atoms with van der Waals surface area (Å²) in [7, 11) is 0. The Balaban J connectivity index is 1.53. The molecule has 2 aliphatic heterocycles. The lowest BCUT2D eigenvalue weighted by atomic mass is 10.1. The number of hydrogen-bond donors (Lipinski definition) is 0. The van der Waals surface area contributed by atoms with Gasteiger partial charge in [-0.2, -0.15) is 0 Å². The Bertz CT molecular complexity index is 622. The fourth-order valence-electron chi connectivity index (χ4n) is 3.52. The number of amides is 2. The predicted molar refractivity (Wildman–Crippen MR) is 91.8 cm³/mol. The van der Waals surface area contributed by atoms with E-state index >= 15 is 0 Å². The van der Waals surface area contributed by atoms with Gasteiger partial charge in [0.15, 0.2) is 0 Å². The van der Waals surface area contributed by atoms with E-state index in [0.29, 0.717) is 39.1 Å². The molecule has 0 aliphatic carbocycles. The Kier molecular flexibility index (Phi) is 5.96. The van der Waals surface area contributed by atoms with Gasteiger partial charge in [-0.25, -0.2) is 0 Å². The summed E-state index contributed by atoms with van der Waals surface area (Å²) in [5.74, 6) is 0.285.